The van der Waals surface area contributed by atoms with Crippen LogP contribution in [0.3, 0.4) is 0 Å². The topological polar surface area (TPSA) is 57.6 Å². The molecule has 1 saturated heterocycles. The van der Waals surface area contributed by atoms with Gasteiger partial charge in [-0.3, -0.25) is 9.79 Å². The van der Waals surface area contributed by atoms with E-state index in [1.54, 1.807) is 11.3 Å². The van der Waals surface area contributed by atoms with Gasteiger partial charge in [0.05, 0.1) is 34.7 Å². The minimum Gasteiger partial charge on any atom is -0.333 e. The fourth-order valence-electron chi connectivity index (χ4n) is 3.93. The molecule has 6 heteroatoms. The quantitative estimate of drug-likeness (QED) is 0.719. The number of hydrogen-bond acceptors (Lipinski definition) is 5. The van der Waals surface area contributed by atoms with Gasteiger partial charge in [0, 0.05) is 12.8 Å². The molecule has 1 aliphatic rings. The maximum Gasteiger partial charge on any atom is 0.240 e. The summed E-state index contributed by atoms with van der Waals surface area (Å²) in [4.78, 5) is 25.2. The Balaban J connectivity index is 1.62. The normalized spacial score (nSPS) is 18.5. The van der Waals surface area contributed by atoms with Crippen molar-refractivity contribution in [1.29, 1.82) is 0 Å². The van der Waals surface area contributed by atoms with Gasteiger partial charge in [-0.25, -0.2) is 4.98 Å². The summed E-state index contributed by atoms with van der Waals surface area (Å²) in [5.74, 6) is 0.179. The van der Waals surface area contributed by atoms with Gasteiger partial charge in [0.2, 0.25) is 5.91 Å². The van der Waals surface area contributed by atoms with Gasteiger partial charge in [-0.15, -0.1) is 11.3 Å². The Kier molecular flexibility index (Phi) is 6.85. The Labute approximate surface area is 178 Å². The van der Waals surface area contributed by atoms with Gasteiger partial charge in [-0.1, -0.05) is 45.0 Å². The number of hydrogen-bond donors (Lipinski definition) is 1. The lowest BCUT2D eigenvalue weighted by Gasteiger charge is -2.34. The van der Waals surface area contributed by atoms with Crippen LogP contribution >= 0.6 is 11.3 Å². The van der Waals surface area contributed by atoms with E-state index in [4.69, 9.17) is 0 Å². The number of aryl methyl sites for hydroxylation is 1. The largest absolute Gasteiger partial charge is 0.333 e. The first-order chi connectivity index (χ1) is 13.8. The summed E-state index contributed by atoms with van der Waals surface area (Å²) >= 11 is 1.67. The Morgan fingerprint density at radius 1 is 1.38 bits per heavy atom. The monoisotopic (exact) mass is 412 g/mol. The zero-order valence-electron chi connectivity index (χ0n) is 18.1. The van der Waals surface area contributed by atoms with Crippen molar-refractivity contribution in [3.05, 3.63) is 41.0 Å². The molecule has 0 saturated carbocycles. The van der Waals surface area contributed by atoms with E-state index in [1.165, 1.54) is 16.0 Å². The molecule has 1 N–H and O–H groups in total. The number of thiazole rings is 1. The van der Waals surface area contributed by atoms with Crippen LogP contribution in [0.5, 0.6) is 0 Å². The number of aliphatic imine (C=N–C) groups is 1. The third kappa shape index (κ3) is 5.11. The molecule has 0 unspecified atom stereocenters. The van der Waals surface area contributed by atoms with Crippen LogP contribution in [-0.4, -0.2) is 47.7 Å². The summed E-state index contributed by atoms with van der Waals surface area (Å²) in [5.41, 5.74) is 5.21. The number of benzene rings is 1. The number of nitrogens with zero attached hydrogens (tertiary/aromatic N) is 3. The minimum absolute atomic E-state index is 0.0971. The highest BCUT2D eigenvalue weighted by molar-refractivity contribution is 7.13. The van der Waals surface area contributed by atoms with E-state index < -0.39 is 0 Å². The average molecular weight is 413 g/mol. The maximum absolute atomic E-state index is 13.0. The van der Waals surface area contributed by atoms with Crippen molar-refractivity contribution in [2.24, 2.45) is 10.4 Å². The van der Waals surface area contributed by atoms with Crippen LogP contribution in [-0.2, 0) is 11.3 Å². The predicted octanol–water partition coefficient (Wildman–Crippen LogP) is 4.31. The second-order valence-corrected chi connectivity index (χ2v) is 9.64. The smallest absolute Gasteiger partial charge is 0.240 e. The molecule has 156 valence electrons. The van der Waals surface area contributed by atoms with E-state index in [0.717, 1.165) is 25.1 Å². The molecule has 2 atom stereocenters. The molecular formula is C23H32N4OS. The van der Waals surface area contributed by atoms with Crippen molar-refractivity contribution >= 4 is 23.5 Å². The number of rotatable bonds is 6. The van der Waals surface area contributed by atoms with E-state index in [-0.39, 0.29) is 23.4 Å². The third-order valence-electron chi connectivity index (χ3n) is 5.50. The van der Waals surface area contributed by atoms with E-state index in [0.29, 0.717) is 6.54 Å². The van der Waals surface area contributed by atoms with E-state index >= 15 is 0 Å². The zero-order chi connectivity index (χ0) is 21.0. The predicted molar refractivity (Wildman–Crippen MR) is 122 cm³/mol. The maximum atomic E-state index is 13.0. The number of amides is 1. The molecule has 1 amide bonds. The molecule has 5 nitrogen and oxygen atoms in total. The van der Waals surface area contributed by atoms with Crippen LogP contribution < -0.4 is 5.32 Å². The first kappa shape index (κ1) is 21.7. The van der Waals surface area contributed by atoms with Crippen molar-refractivity contribution in [2.45, 2.75) is 59.2 Å². The second kappa shape index (κ2) is 9.18. The van der Waals surface area contributed by atoms with Crippen LogP contribution in [0.4, 0.5) is 0 Å². The first-order valence-corrected chi connectivity index (χ1v) is 11.2. The van der Waals surface area contributed by atoms with Crippen molar-refractivity contribution < 1.29 is 4.79 Å². The fraction of sp³-hybridized carbons (Fsp3) is 0.522. The van der Waals surface area contributed by atoms with Gasteiger partial charge in [0.1, 0.15) is 0 Å². The van der Waals surface area contributed by atoms with Crippen LogP contribution in [0.15, 0.2) is 34.8 Å². The standard InChI is InChI=1S/C23H32N4OS/c1-16-20(29-15-26-16)18-10-8-17(9-11-18)13-25-14-19-7-6-12-27(19)22(28)21(24-5)23(2,3)4/h8-11,14-15,19,21,24H,6-7,12-13H2,1-5H3/b25-14+/t19-,21+/m1/s1. The van der Waals surface area contributed by atoms with Gasteiger partial charge in [-0.2, -0.15) is 0 Å². The lowest BCUT2D eigenvalue weighted by atomic mass is 9.86. The van der Waals surface area contributed by atoms with E-state index in [2.05, 4.69) is 60.3 Å². The zero-order valence-corrected chi connectivity index (χ0v) is 18.9. The molecule has 0 aliphatic carbocycles. The Hall–Kier alpha value is -2.05. The van der Waals surface area contributed by atoms with Crippen LogP contribution in [0, 0.1) is 12.3 Å². The highest BCUT2D eigenvalue weighted by Crippen LogP contribution is 2.27. The average Bonchev–Trinajstić information content (AvgIpc) is 3.30. The second-order valence-electron chi connectivity index (χ2n) is 8.78. The third-order valence-corrected chi connectivity index (χ3v) is 6.47. The molecule has 2 heterocycles. The number of carbonyl (C=O) groups excluding carboxylic acids is 1. The Morgan fingerprint density at radius 2 is 2.10 bits per heavy atom. The molecule has 3 rings (SSSR count). The fourth-order valence-corrected chi connectivity index (χ4v) is 4.75. The summed E-state index contributed by atoms with van der Waals surface area (Å²) in [7, 11) is 1.87. The van der Waals surface area contributed by atoms with E-state index in [9.17, 15) is 4.79 Å². The van der Waals surface area contributed by atoms with Gasteiger partial charge in [0.25, 0.3) is 0 Å². The molecule has 2 aromatic rings. The van der Waals surface area contributed by atoms with E-state index in [1.807, 2.05) is 30.6 Å². The van der Waals surface area contributed by atoms with Crippen molar-refractivity contribution in [3.8, 4) is 10.4 Å². The molecule has 1 aliphatic heterocycles. The molecule has 1 aromatic heterocycles. The molecule has 1 aromatic carbocycles. The number of aromatic nitrogens is 1. The van der Waals surface area contributed by atoms with Gasteiger partial charge < -0.3 is 10.2 Å². The van der Waals surface area contributed by atoms with Crippen molar-refractivity contribution in [1.82, 2.24) is 15.2 Å². The molecule has 0 bridgehead atoms. The highest BCUT2D eigenvalue weighted by atomic mass is 32.1. The van der Waals surface area contributed by atoms with Gasteiger partial charge in [0.15, 0.2) is 0 Å². The van der Waals surface area contributed by atoms with Crippen molar-refractivity contribution in [3.63, 3.8) is 0 Å². The molecule has 0 radical (unpaired) electrons. The lowest BCUT2D eigenvalue weighted by molar-refractivity contribution is -0.135. The molecular weight excluding hydrogens is 380 g/mol. The highest BCUT2D eigenvalue weighted by Gasteiger charge is 2.37. The minimum atomic E-state index is -0.181. The number of nitrogens with one attached hydrogen (secondary N) is 1. The Bertz CT molecular complexity index is 851. The molecule has 29 heavy (non-hydrogen) atoms. The summed E-state index contributed by atoms with van der Waals surface area (Å²) in [5, 5.41) is 3.20. The SMILES string of the molecule is CN[C@@H](C(=O)N1CCC[C@@H]1/C=N/Cc1ccc(-c2scnc2C)cc1)C(C)(C)C. The first-order valence-electron chi connectivity index (χ1n) is 10.3. The molecule has 0 spiro atoms. The van der Waals surface area contributed by atoms with Crippen LogP contribution in [0.25, 0.3) is 10.4 Å². The summed E-state index contributed by atoms with van der Waals surface area (Å²) in [6, 6.07) is 8.44. The lowest BCUT2D eigenvalue weighted by Crippen LogP contribution is -2.53. The number of likely N-dealkylation sites (N-methyl/N-ethyl adjacent to an activating group) is 1. The number of carbonyl (C=O) groups is 1. The summed E-state index contributed by atoms with van der Waals surface area (Å²) in [6.45, 7) is 9.78. The summed E-state index contributed by atoms with van der Waals surface area (Å²) < 4.78 is 0. The number of likely N-dealkylation sites (tertiary alicyclic amines) is 1. The van der Waals surface area contributed by atoms with Gasteiger partial charge in [-0.05, 0) is 43.4 Å². The van der Waals surface area contributed by atoms with Crippen LogP contribution in [0.1, 0.15) is 44.9 Å². The van der Waals surface area contributed by atoms with Gasteiger partial charge >= 0.3 is 0 Å². The molecule has 1 fully saturated rings. The van der Waals surface area contributed by atoms with Crippen LogP contribution in [0.2, 0.25) is 0 Å². The Morgan fingerprint density at radius 3 is 2.69 bits per heavy atom. The van der Waals surface area contributed by atoms with Crippen molar-refractivity contribution in [2.75, 3.05) is 13.6 Å². The summed E-state index contributed by atoms with van der Waals surface area (Å²) in [6.07, 6.45) is 3.99.